The number of hydrogen-bond donors (Lipinski definition) is 1. The highest BCUT2D eigenvalue weighted by atomic mass is 16.5. The Morgan fingerprint density at radius 3 is 2.50 bits per heavy atom. The maximum atomic E-state index is 5.62. The molecule has 0 aliphatic rings. The first-order valence-electron chi connectivity index (χ1n) is 5.89. The van der Waals surface area contributed by atoms with Gasteiger partial charge in [0.05, 0.1) is 6.61 Å². The molecule has 0 saturated carbocycles. The molecule has 1 aromatic rings. The molecule has 0 saturated heterocycles. The summed E-state index contributed by atoms with van der Waals surface area (Å²) in [5.74, 6) is 0.931. The van der Waals surface area contributed by atoms with Crippen LogP contribution in [0.4, 0.5) is 0 Å². The third-order valence-corrected chi connectivity index (χ3v) is 2.48. The van der Waals surface area contributed by atoms with Crippen LogP contribution in [0.2, 0.25) is 0 Å². The largest absolute Gasteiger partial charge is 0.494 e. The van der Waals surface area contributed by atoms with Crippen molar-refractivity contribution in [2.24, 2.45) is 5.73 Å². The monoisotopic (exact) mass is 219 g/mol. The van der Waals surface area contributed by atoms with Crippen molar-refractivity contribution in [2.45, 2.75) is 32.2 Å². The van der Waals surface area contributed by atoms with E-state index in [-0.39, 0.29) is 0 Å². The Morgan fingerprint density at radius 2 is 1.88 bits per heavy atom. The first-order valence-corrected chi connectivity index (χ1v) is 5.89. The molecule has 1 aromatic carbocycles. The highest BCUT2D eigenvalue weighted by Gasteiger charge is 1.94. The predicted molar refractivity (Wildman–Crippen MR) is 68.5 cm³/mol. The van der Waals surface area contributed by atoms with Gasteiger partial charge in [-0.1, -0.05) is 18.2 Å². The van der Waals surface area contributed by atoms with Gasteiger partial charge in [0.25, 0.3) is 0 Å². The highest BCUT2D eigenvalue weighted by molar-refractivity contribution is 5.26. The van der Waals surface area contributed by atoms with E-state index < -0.39 is 0 Å². The Morgan fingerprint density at radius 1 is 1.12 bits per heavy atom. The van der Waals surface area contributed by atoms with Gasteiger partial charge in [0.15, 0.2) is 0 Å². The van der Waals surface area contributed by atoms with Crippen LogP contribution in [0.1, 0.15) is 31.2 Å². The van der Waals surface area contributed by atoms with Crippen molar-refractivity contribution in [3.05, 3.63) is 42.5 Å². The summed E-state index contributed by atoms with van der Waals surface area (Å²) < 4.78 is 5.62. The molecule has 0 aliphatic carbocycles. The Labute approximate surface area is 98.1 Å². The zero-order valence-electron chi connectivity index (χ0n) is 9.82. The van der Waals surface area contributed by atoms with E-state index in [1.165, 1.54) is 12.8 Å². The fourth-order valence-corrected chi connectivity index (χ4v) is 1.48. The van der Waals surface area contributed by atoms with Gasteiger partial charge in [-0.3, -0.25) is 0 Å². The molecule has 0 spiro atoms. The minimum absolute atomic E-state index is 0.585. The SMILES string of the molecule is C=CCCCCCOc1ccc(CN)cc1. The Bertz CT molecular complexity index is 292. The van der Waals surface area contributed by atoms with Gasteiger partial charge in [-0.15, -0.1) is 6.58 Å². The average Bonchev–Trinajstić information content (AvgIpc) is 2.34. The Kier molecular flexibility index (Phi) is 6.35. The van der Waals surface area contributed by atoms with E-state index in [1.54, 1.807) is 0 Å². The number of rotatable bonds is 8. The van der Waals surface area contributed by atoms with Crippen molar-refractivity contribution in [2.75, 3.05) is 6.61 Å². The molecule has 0 bridgehead atoms. The molecule has 16 heavy (non-hydrogen) atoms. The molecule has 0 aliphatic heterocycles. The molecule has 0 fully saturated rings. The second kappa shape index (κ2) is 7.94. The van der Waals surface area contributed by atoms with Crippen LogP contribution in [-0.2, 0) is 6.54 Å². The molecule has 1 rings (SSSR count). The molecular weight excluding hydrogens is 198 g/mol. The second-order valence-corrected chi connectivity index (χ2v) is 3.83. The van der Waals surface area contributed by atoms with E-state index >= 15 is 0 Å². The molecule has 0 radical (unpaired) electrons. The summed E-state index contributed by atoms with van der Waals surface area (Å²) in [4.78, 5) is 0. The summed E-state index contributed by atoms with van der Waals surface area (Å²) in [6.07, 6.45) is 6.58. The van der Waals surface area contributed by atoms with Crippen molar-refractivity contribution in [1.82, 2.24) is 0 Å². The van der Waals surface area contributed by atoms with Crippen molar-refractivity contribution in [3.8, 4) is 5.75 Å². The lowest BCUT2D eigenvalue weighted by molar-refractivity contribution is 0.305. The van der Waals surface area contributed by atoms with E-state index in [1.807, 2.05) is 30.3 Å². The fourth-order valence-electron chi connectivity index (χ4n) is 1.48. The minimum Gasteiger partial charge on any atom is -0.494 e. The highest BCUT2D eigenvalue weighted by Crippen LogP contribution is 2.12. The molecule has 2 N–H and O–H groups in total. The molecule has 88 valence electrons. The Balaban J connectivity index is 2.14. The van der Waals surface area contributed by atoms with Gasteiger partial charge < -0.3 is 10.5 Å². The molecule has 2 nitrogen and oxygen atoms in total. The topological polar surface area (TPSA) is 35.2 Å². The quantitative estimate of drug-likeness (QED) is 0.538. The fraction of sp³-hybridized carbons (Fsp3) is 0.429. The summed E-state index contributed by atoms with van der Waals surface area (Å²) in [6.45, 7) is 5.08. The van der Waals surface area contributed by atoms with Crippen LogP contribution < -0.4 is 10.5 Å². The molecular formula is C14H21NO. The minimum atomic E-state index is 0.585. The standard InChI is InChI=1S/C14H21NO/c1-2-3-4-5-6-11-16-14-9-7-13(12-15)8-10-14/h2,7-10H,1,3-6,11-12,15H2. The van der Waals surface area contributed by atoms with Gasteiger partial charge in [-0.05, 0) is 43.4 Å². The van der Waals surface area contributed by atoms with Gasteiger partial charge in [-0.25, -0.2) is 0 Å². The zero-order chi connectivity index (χ0) is 11.6. The molecule has 0 aromatic heterocycles. The maximum Gasteiger partial charge on any atom is 0.119 e. The normalized spacial score (nSPS) is 10.1. The van der Waals surface area contributed by atoms with Gasteiger partial charge in [-0.2, -0.15) is 0 Å². The van der Waals surface area contributed by atoms with E-state index in [0.29, 0.717) is 6.54 Å². The van der Waals surface area contributed by atoms with E-state index in [9.17, 15) is 0 Å². The van der Waals surface area contributed by atoms with E-state index in [2.05, 4.69) is 6.58 Å². The first-order chi connectivity index (χ1) is 7.86. The van der Waals surface area contributed by atoms with Crippen LogP contribution in [0.3, 0.4) is 0 Å². The van der Waals surface area contributed by atoms with E-state index in [0.717, 1.165) is 30.8 Å². The van der Waals surface area contributed by atoms with Crippen LogP contribution in [0, 0.1) is 0 Å². The van der Waals surface area contributed by atoms with E-state index in [4.69, 9.17) is 10.5 Å². The predicted octanol–water partition coefficient (Wildman–Crippen LogP) is 3.27. The van der Waals surface area contributed by atoms with Crippen LogP contribution in [0.25, 0.3) is 0 Å². The number of ether oxygens (including phenoxy) is 1. The van der Waals surface area contributed by atoms with Crippen LogP contribution in [0.15, 0.2) is 36.9 Å². The third kappa shape index (κ3) is 4.99. The van der Waals surface area contributed by atoms with Crippen LogP contribution in [-0.4, -0.2) is 6.61 Å². The van der Waals surface area contributed by atoms with Crippen molar-refractivity contribution < 1.29 is 4.74 Å². The number of nitrogens with two attached hydrogens (primary N) is 1. The summed E-state index contributed by atoms with van der Waals surface area (Å²) in [5, 5.41) is 0. The number of hydrogen-bond acceptors (Lipinski definition) is 2. The number of allylic oxidation sites excluding steroid dienone is 1. The van der Waals surface area contributed by atoms with Crippen molar-refractivity contribution >= 4 is 0 Å². The zero-order valence-corrected chi connectivity index (χ0v) is 9.82. The summed E-state index contributed by atoms with van der Waals surface area (Å²) in [7, 11) is 0. The second-order valence-electron chi connectivity index (χ2n) is 3.83. The maximum absolute atomic E-state index is 5.62. The van der Waals surface area contributed by atoms with Gasteiger partial charge in [0, 0.05) is 6.54 Å². The van der Waals surface area contributed by atoms with Gasteiger partial charge in [0.1, 0.15) is 5.75 Å². The first kappa shape index (κ1) is 12.8. The summed E-state index contributed by atoms with van der Waals surface area (Å²) in [6, 6.07) is 7.97. The van der Waals surface area contributed by atoms with Crippen LogP contribution in [0.5, 0.6) is 5.75 Å². The smallest absolute Gasteiger partial charge is 0.119 e. The lowest BCUT2D eigenvalue weighted by atomic mass is 10.2. The third-order valence-electron chi connectivity index (χ3n) is 2.48. The molecule has 2 heteroatoms. The summed E-state index contributed by atoms with van der Waals surface area (Å²) >= 11 is 0. The number of benzene rings is 1. The van der Waals surface area contributed by atoms with Crippen molar-refractivity contribution in [3.63, 3.8) is 0 Å². The molecule has 0 amide bonds. The molecule has 0 atom stereocenters. The number of unbranched alkanes of at least 4 members (excludes halogenated alkanes) is 3. The molecule has 0 heterocycles. The lowest BCUT2D eigenvalue weighted by Crippen LogP contribution is -1.99. The van der Waals surface area contributed by atoms with Crippen LogP contribution >= 0.6 is 0 Å². The van der Waals surface area contributed by atoms with Gasteiger partial charge in [0.2, 0.25) is 0 Å². The lowest BCUT2D eigenvalue weighted by Gasteiger charge is -2.06. The summed E-state index contributed by atoms with van der Waals surface area (Å²) in [5.41, 5.74) is 6.66. The van der Waals surface area contributed by atoms with Gasteiger partial charge >= 0.3 is 0 Å². The Hall–Kier alpha value is -1.28. The molecule has 0 unspecified atom stereocenters. The average molecular weight is 219 g/mol. The van der Waals surface area contributed by atoms with Crippen molar-refractivity contribution in [1.29, 1.82) is 0 Å².